The second-order valence-corrected chi connectivity index (χ2v) is 10.3. The van der Waals surface area contributed by atoms with Crippen molar-refractivity contribution in [2.75, 3.05) is 23.4 Å². The summed E-state index contributed by atoms with van der Waals surface area (Å²) in [7, 11) is -3.15. The van der Waals surface area contributed by atoms with Crippen LogP contribution in [0.3, 0.4) is 0 Å². The third kappa shape index (κ3) is 5.01. The molecule has 2 aliphatic rings. The second kappa shape index (κ2) is 7.51. The van der Waals surface area contributed by atoms with E-state index >= 15 is 0 Å². The number of rotatable bonds is 5. The highest BCUT2D eigenvalue weighted by Crippen LogP contribution is 2.36. The Labute approximate surface area is 161 Å². The first-order chi connectivity index (χ1) is 12.7. The number of thioether (sulfide) groups is 1. The molecule has 27 heavy (non-hydrogen) atoms. The van der Waals surface area contributed by atoms with Crippen LogP contribution >= 0.6 is 11.8 Å². The van der Waals surface area contributed by atoms with E-state index in [1.165, 1.54) is 11.8 Å². The molecule has 2 atom stereocenters. The Morgan fingerprint density at radius 3 is 2.81 bits per heavy atom. The van der Waals surface area contributed by atoms with Gasteiger partial charge in [0.15, 0.2) is 16.4 Å². The lowest BCUT2D eigenvalue weighted by Gasteiger charge is -2.24. The van der Waals surface area contributed by atoms with Gasteiger partial charge in [-0.1, -0.05) is 12.1 Å². The van der Waals surface area contributed by atoms with E-state index in [2.05, 4.69) is 10.6 Å². The minimum Gasteiger partial charge on any atom is -0.456 e. The number of para-hydroxylation sites is 1. The van der Waals surface area contributed by atoms with E-state index in [1.54, 1.807) is 13.0 Å². The van der Waals surface area contributed by atoms with Crippen molar-refractivity contribution in [2.24, 2.45) is 0 Å². The summed E-state index contributed by atoms with van der Waals surface area (Å²) >= 11 is 1.27. The zero-order valence-corrected chi connectivity index (χ0v) is 16.3. The van der Waals surface area contributed by atoms with Gasteiger partial charge < -0.3 is 15.4 Å². The summed E-state index contributed by atoms with van der Waals surface area (Å²) in [5.74, 6) is -1.61. The predicted octanol–water partition coefficient (Wildman–Crippen LogP) is 0.726. The number of hydrogen-bond acceptors (Lipinski definition) is 7. The van der Waals surface area contributed by atoms with Crippen molar-refractivity contribution in [1.82, 2.24) is 5.32 Å². The van der Waals surface area contributed by atoms with E-state index in [1.807, 2.05) is 18.2 Å². The third-order valence-electron chi connectivity index (χ3n) is 4.37. The standard InChI is InChI=1S/C17H20N2O6S2/c1-17(6-7-27(23,24)10-17)19-14(20)9-25-15(21)8-13-16(22)18-11-4-2-3-5-12(11)26-13/h2-5,13H,6-10H2,1H3,(H,18,22)(H,19,20)/t13-,17-/m0/s1. The molecule has 2 aliphatic heterocycles. The summed E-state index contributed by atoms with van der Waals surface area (Å²) in [5.41, 5.74) is -0.137. The number of sulfone groups is 1. The van der Waals surface area contributed by atoms with Gasteiger partial charge in [0.05, 0.1) is 34.4 Å². The number of carbonyl (C=O) groups excluding carboxylic acids is 3. The molecule has 0 unspecified atom stereocenters. The Kier molecular flexibility index (Phi) is 5.48. The van der Waals surface area contributed by atoms with Crippen LogP contribution in [-0.4, -0.2) is 55.1 Å². The number of fused-ring (bicyclic) bond motifs is 1. The molecular formula is C17H20N2O6S2. The molecule has 10 heteroatoms. The van der Waals surface area contributed by atoms with E-state index in [0.29, 0.717) is 12.1 Å². The summed E-state index contributed by atoms with van der Waals surface area (Å²) in [6.07, 6.45) is 0.164. The molecule has 1 saturated heterocycles. The van der Waals surface area contributed by atoms with Gasteiger partial charge in [0.1, 0.15) is 0 Å². The minimum atomic E-state index is -3.15. The number of benzene rings is 1. The Bertz CT molecular complexity index is 885. The number of anilines is 1. The van der Waals surface area contributed by atoms with Gasteiger partial charge in [-0.05, 0) is 25.5 Å². The van der Waals surface area contributed by atoms with Crippen LogP contribution in [0.25, 0.3) is 0 Å². The van der Waals surface area contributed by atoms with Crippen LogP contribution in [0.5, 0.6) is 0 Å². The topological polar surface area (TPSA) is 119 Å². The molecule has 0 spiro atoms. The largest absolute Gasteiger partial charge is 0.456 e. The van der Waals surface area contributed by atoms with Crippen LogP contribution in [0.4, 0.5) is 5.69 Å². The van der Waals surface area contributed by atoms with Crippen molar-refractivity contribution >= 4 is 45.1 Å². The fourth-order valence-corrected chi connectivity index (χ4v) is 6.25. The van der Waals surface area contributed by atoms with Crippen LogP contribution in [0, 0.1) is 0 Å². The fraction of sp³-hybridized carbons (Fsp3) is 0.471. The SMILES string of the molecule is C[C@]1(NC(=O)COC(=O)C[C@@H]2Sc3ccccc3NC2=O)CCS(=O)(=O)C1. The van der Waals surface area contributed by atoms with E-state index in [9.17, 15) is 22.8 Å². The second-order valence-electron chi connectivity index (χ2n) is 6.91. The molecule has 146 valence electrons. The Hall–Kier alpha value is -2.07. The molecule has 1 fully saturated rings. The normalized spacial score (nSPS) is 26.0. The molecule has 0 aromatic heterocycles. The molecule has 8 nitrogen and oxygen atoms in total. The third-order valence-corrected chi connectivity index (χ3v) is 7.55. The highest BCUT2D eigenvalue weighted by atomic mass is 32.2. The molecule has 2 amide bonds. The lowest BCUT2D eigenvalue weighted by atomic mass is 10.0. The Morgan fingerprint density at radius 1 is 1.37 bits per heavy atom. The highest BCUT2D eigenvalue weighted by Gasteiger charge is 2.39. The molecule has 3 rings (SSSR count). The van der Waals surface area contributed by atoms with Crippen LogP contribution in [0.2, 0.25) is 0 Å². The van der Waals surface area contributed by atoms with E-state index in [-0.39, 0.29) is 23.8 Å². The van der Waals surface area contributed by atoms with E-state index in [4.69, 9.17) is 4.74 Å². The monoisotopic (exact) mass is 412 g/mol. The summed E-state index contributed by atoms with van der Waals surface area (Å²) in [5, 5.41) is 4.72. The average molecular weight is 412 g/mol. The summed E-state index contributed by atoms with van der Waals surface area (Å²) in [4.78, 5) is 36.9. The molecule has 2 heterocycles. The number of esters is 1. The van der Waals surface area contributed by atoms with E-state index in [0.717, 1.165) is 4.90 Å². The maximum atomic E-state index is 12.1. The number of carbonyl (C=O) groups is 3. The van der Waals surface area contributed by atoms with Crippen LogP contribution in [0.15, 0.2) is 29.2 Å². The molecular weight excluding hydrogens is 392 g/mol. The molecule has 0 bridgehead atoms. The lowest BCUT2D eigenvalue weighted by molar-refractivity contribution is -0.149. The van der Waals surface area contributed by atoms with E-state index < -0.39 is 39.1 Å². The smallest absolute Gasteiger partial charge is 0.307 e. The van der Waals surface area contributed by atoms with Crippen molar-refractivity contribution < 1.29 is 27.5 Å². The molecule has 0 radical (unpaired) electrons. The van der Waals surface area contributed by atoms with Crippen LogP contribution < -0.4 is 10.6 Å². The first-order valence-corrected chi connectivity index (χ1v) is 11.1. The lowest BCUT2D eigenvalue weighted by Crippen LogP contribution is -2.48. The summed E-state index contributed by atoms with van der Waals surface area (Å²) in [6, 6.07) is 7.28. The zero-order chi connectivity index (χ0) is 19.7. The minimum absolute atomic E-state index is 0.0268. The van der Waals surface area contributed by atoms with Crippen molar-refractivity contribution in [3.63, 3.8) is 0 Å². The molecule has 1 aromatic rings. The van der Waals surface area contributed by atoms with Gasteiger partial charge >= 0.3 is 5.97 Å². The highest BCUT2D eigenvalue weighted by molar-refractivity contribution is 8.01. The summed E-state index contributed by atoms with van der Waals surface area (Å²) < 4.78 is 28.1. The van der Waals surface area contributed by atoms with Gasteiger partial charge in [-0.2, -0.15) is 0 Å². The van der Waals surface area contributed by atoms with Gasteiger partial charge in [-0.25, -0.2) is 8.42 Å². The van der Waals surface area contributed by atoms with Gasteiger partial charge in [0.2, 0.25) is 5.91 Å². The molecule has 1 aromatic carbocycles. The zero-order valence-electron chi connectivity index (χ0n) is 14.7. The van der Waals surface area contributed by atoms with Crippen molar-refractivity contribution in [3.8, 4) is 0 Å². The van der Waals surface area contributed by atoms with Crippen LogP contribution in [-0.2, 0) is 29.0 Å². The number of nitrogens with one attached hydrogen (secondary N) is 2. The average Bonchev–Trinajstić information content (AvgIpc) is 2.86. The number of hydrogen-bond donors (Lipinski definition) is 2. The van der Waals surface area contributed by atoms with Crippen molar-refractivity contribution in [2.45, 2.75) is 35.4 Å². The number of amides is 2. The molecule has 2 N–H and O–H groups in total. The molecule has 0 aliphatic carbocycles. The van der Waals surface area contributed by atoms with Crippen LogP contribution in [0.1, 0.15) is 19.8 Å². The van der Waals surface area contributed by atoms with Crippen molar-refractivity contribution in [3.05, 3.63) is 24.3 Å². The van der Waals surface area contributed by atoms with Gasteiger partial charge in [-0.15, -0.1) is 11.8 Å². The summed E-state index contributed by atoms with van der Waals surface area (Å²) in [6.45, 7) is 1.14. The maximum absolute atomic E-state index is 12.1. The number of ether oxygens (including phenoxy) is 1. The predicted molar refractivity (Wildman–Crippen MR) is 100 cm³/mol. The molecule has 0 saturated carbocycles. The van der Waals surface area contributed by atoms with Gasteiger partial charge in [-0.3, -0.25) is 14.4 Å². The first kappa shape index (κ1) is 19.7. The van der Waals surface area contributed by atoms with Crippen molar-refractivity contribution in [1.29, 1.82) is 0 Å². The first-order valence-electron chi connectivity index (χ1n) is 8.39. The maximum Gasteiger partial charge on any atom is 0.307 e. The Balaban J connectivity index is 1.47. The Morgan fingerprint density at radius 2 is 2.11 bits per heavy atom. The van der Waals surface area contributed by atoms with Gasteiger partial charge in [0, 0.05) is 4.90 Å². The van der Waals surface area contributed by atoms with Gasteiger partial charge in [0.25, 0.3) is 5.91 Å². The fourth-order valence-electron chi connectivity index (χ4n) is 3.07. The quantitative estimate of drug-likeness (QED) is 0.684.